The molecule has 186 valence electrons. The maximum atomic E-state index is 12.9. The van der Waals surface area contributed by atoms with Crippen molar-refractivity contribution in [1.82, 2.24) is 9.80 Å². The van der Waals surface area contributed by atoms with Crippen LogP contribution in [0.4, 0.5) is 11.4 Å². The fourth-order valence-corrected chi connectivity index (χ4v) is 4.93. The lowest BCUT2D eigenvalue weighted by Crippen LogP contribution is -2.44. The summed E-state index contributed by atoms with van der Waals surface area (Å²) in [4.78, 5) is 42.6. The van der Waals surface area contributed by atoms with Crippen LogP contribution >= 0.6 is 11.6 Å². The maximum Gasteiger partial charge on any atom is 0.257 e. The molecule has 0 unspecified atom stereocenters. The van der Waals surface area contributed by atoms with Crippen LogP contribution in [0.1, 0.15) is 48.9 Å². The first-order valence-corrected chi connectivity index (χ1v) is 12.8. The highest BCUT2D eigenvalue weighted by molar-refractivity contribution is 6.30. The van der Waals surface area contributed by atoms with Crippen LogP contribution in [0.2, 0.25) is 5.02 Å². The normalized spacial score (nSPS) is 17.5. The van der Waals surface area contributed by atoms with Gasteiger partial charge in [-0.1, -0.05) is 36.6 Å². The van der Waals surface area contributed by atoms with Gasteiger partial charge in [0.2, 0.25) is 11.8 Å². The van der Waals surface area contributed by atoms with Gasteiger partial charge in [0.15, 0.2) is 0 Å². The predicted molar refractivity (Wildman–Crippen MR) is 139 cm³/mol. The Balaban J connectivity index is 1.28. The lowest BCUT2D eigenvalue weighted by atomic mass is 9.95. The number of nitrogens with one attached hydrogen (secondary N) is 2. The zero-order chi connectivity index (χ0) is 24.6. The molecule has 0 bridgehead atoms. The molecule has 0 saturated carbocycles. The quantitative estimate of drug-likeness (QED) is 0.610. The summed E-state index contributed by atoms with van der Waals surface area (Å²) in [5, 5.41) is 6.31. The monoisotopic (exact) mass is 496 g/mol. The minimum Gasteiger partial charge on any atom is -0.342 e. The number of hydrogen-bond donors (Lipinski definition) is 2. The number of para-hydroxylation sites is 1. The summed E-state index contributed by atoms with van der Waals surface area (Å²) in [6.45, 7) is 3.43. The first-order chi connectivity index (χ1) is 17.0. The van der Waals surface area contributed by atoms with Crippen molar-refractivity contribution in [3.8, 4) is 0 Å². The van der Waals surface area contributed by atoms with E-state index in [4.69, 9.17) is 11.6 Å². The second-order valence-corrected chi connectivity index (χ2v) is 9.78. The smallest absolute Gasteiger partial charge is 0.257 e. The van der Waals surface area contributed by atoms with E-state index in [1.54, 1.807) is 48.5 Å². The van der Waals surface area contributed by atoms with Gasteiger partial charge in [0, 0.05) is 29.7 Å². The zero-order valence-corrected chi connectivity index (χ0v) is 20.7. The molecule has 2 saturated heterocycles. The summed E-state index contributed by atoms with van der Waals surface area (Å²) in [5.41, 5.74) is 1.48. The topological polar surface area (TPSA) is 81.8 Å². The first-order valence-electron chi connectivity index (χ1n) is 12.5. The van der Waals surface area contributed by atoms with Crippen LogP contribution in [-0.2, 0) is 9.59 Å². The maximum absolute atomic E-state index is 12.9. The number of piperidine rings is 1. The number of halogens is 1. The van der Waals surface area contributed by atoms with E-state index >= 15 is 0 Å². The van der Waals surface area contributed by atoms with Crippen molar-refractivity contribution < 1.29 is 14.4 Å². The van der Waals surface area contributed by atoms with E-state index in [1.165, 1.54) is 12.8 Å². The Morgan fingerprint density at radius 1 is 0.829 bits per heavy atom. The molecule has 2 N–H and O–H groups in total. The number of anilines is 2. The predicted octanol–water partition coefficient (Wildman–Crippen LogP) is 4.65. The van der Waals surface area contributed by atoms with Gasteiger partial charge in [-0.05, 0) is 75.2 Å². The molecule has 3 amide bonds. The Morgan fingerprint density at radius 2 is 1.49 bits per heavy atom. The minimum atomic E-state index is -0.309. The van der Waals surface area contributed by atoms with E-state index in [9.17, 15) is 14.4 Å². The molecule has 2 fully saturated rings. The molecule has 2 aromatic carbocycles. The molecule has 0 aliphatic carbocycles. The second kappa shape index (κ2) is 12.2. The lowest BCUT2D eigenvalue weighted by molar-refractivity contribution is -0.137. The number of carbonyl (C=O) groups is 3. The van der Waals surface area contributed by atoms with Gasteiger partial charge in [-0.15, -0.1) is 0 Å². The Morgan fingerprint density at radius 3 is 2.17 bits per heavy atom. The summed E-state index contributed by atoms with van der Waals surface area (Å²) in [5.74, 6) is -0.133. The van der Waals surface area contributed by atoms with Crippen molar-refractivity contribution in [3.63, 3.8) is 0 Å². The number of likely N-dealkylation sites (tertiary alicyclic amines) is 2. The van der Waals surface area contributed by atoms with E-state index in [1.807, 2.05) is 4.90 Å². The number of nitrogens with zero attached hydrogens (tertiary/aromatic N) is 2. The third-order valence-corrected chi connectivity index (χ3v) is 7.02. The highest BCUT2D eigenvalue weighted by Gasteiger charge is 2.29. The van der Waals surface area contributed by atoms with Gasteiger partial charge < -0.3 is 15.5 Å². The van der Waals surface area contributed by atoms with Crippen molar-refractivity contribution >= 4 is 40.7 Å². The van der Waals surface area contributed by atoms with E-state index < -0.39 is 0 Å². The SMILES string of the molecule is O=C(CN1CCC(C(=O)N2CCCCCC2)CC1)Nc1ccccc1C(=O)Nc1ccc(Cl)cc1. The molecule has 2 aliphatic heterocycles. The minimum absolute atomic E-state index is 0.0599. The highest BCUT2D eigenvalue weighted by Crippen LogP contribution is 2.23. The Hall–Kier alpha value is -2.90. The molecular formula is C27H33ClN4O3. The fraction of sp³-hybridized carbons (Fsp3) is 0.444. The summed E-state index contributed by atoms with van der Waals surface area (Å²) < 4.78 is 0. The molecule has 8 heteroatoms. The Bertz CT molecular complexity index is 1030. The van der Waals surface area contributed by atoms with Gasteiger partial charge in [-0.25, -0.2) is 0 Å². The molecule has 35 heavy (non-hydrogen) atoms. The van der Waals surface area contributed by atoms with E-state index in [-0.39, 0.29) is 30.2 Å². The zero-order valence-electron chi connectivity index (χ0n) is 20.0. The van der Waals surface area contributed by atoms with Gasteiger partial charge >= 0.3 is 0 Å². The highest BCUT2D eigenvalue weighted by atomic mass is 35.5. The van der Waals surface area contributed by atoms with Gasteiger partial charge in [0.05, 0.1) is 17.8 Å². The number of carbonyl (C=O) groups excluding carboxylic acids is 3. The van der Waals surface area contributed by atoms with Gasteiger partial charge in [0.25, 0.3) is 5.91 Å². The average Bonchev–Trinajstić information content (AvgIpc) is 3.15. The molecule has 4 rings (SSSR count). The van der Waals surface area contributed by atoms with Crippen molar-refractivity contribution in [3.05, 3.63) is 59.1 Å². The molecule has 2 aromatic rings. The molecular weight excluding hydrogens is 464 g/mol. The summed E-state index contributed by atoms with van der Waals surface area (Å²) in [6, 6.07) is 13.8. The van der Waals surface area contributed by atoms with Crippen molar-refractivity contribution in [2.75, 3.05) is 43.4 Å². The molecule has 0 atom stereocenters. The number of benzene rings is 2. The van der Waals surface area contributed by atoms with Crippen LogP contribution in [0.15, 0.2) is 48.5 Å². The number of hydrogen-bond acceptors (Lipinski definition) is 4. The number of rotatable bonds is 6. The Kier molecular flexibility index (Phi) is 8.77. The molecule has 2 heterocycles. The molecule has 2 aliphatic rings. The molecule has 7 nitrogen and oxygen atoms in total. The Labute approximate surface area is 211 Å². The number of amides is 3. The first kappa shape index (κ1) is 25.2. The van der Waals surface area contributed by atoms with Crippen LogP contribution in [0.25, 0.3) is 0 Å². The molecule has 0 radical (unpaired) electrons. The van der Waals surface area contributed by atoms with Crippen molar-refractivity contribution in [1.29, 1.82) is 0 Å². The third kappa shape index (κ3) is 7.05. The second-order valence-electron chi connectivity index (χ2n) is 9.34. The molecule has 0 spiro atoms. The standard InChI is InChI=1S/C27H33ClN4O3/c28-21-9-11-22(12-10-21)29-26(34)23-7-3-4-8-24(23)30-25(33)19-31-17-13-20(14-18-31)27(35)32-15-5-1-2-6-16-32/h3-4,7-12,20H,1-2,5-6,13-19H2,(H,29,34)(H,30,33). The van der Waals surface area contributed by atoms with Crippen LogP contribution in [0, 0.1) is 5.92 Å². The largest absolute Gasteiger partial charge is 0.342 e. The fourth-order valence-electron chi connectivity index (χ4n) is 4.80. The van der Waals surface area contributed by atoms with Gasteiger partial charge in [-0.3, -0.25) is 19.3 Å². The summed E-state index contributed by atoms with van der Waals surface area (Å²) in [7, 11) is 0. The average molecular weight is 497 g/mol. The van der Waals surface area contributed by atoms with E-state index in [0.717, 1.165) is 51.9 Å². The molecule has 0 aromatic heterocycles. The third-order valence-electron chi connectivity index (χ3n) is 6.77. The van der Waals surface area contributed by atoms with Crippen LogP contribution in [0.3, 0.4) is 0 Å². The van der Waals surface area contributed by atoms with E-state index in [2.05, 4.69) is 15.5 Å². The van der Waals surface area contributed by atoms with E-state index in [0.29, 0.717) is 22.0 Å². The van der Waals surface area contributed by atoms with Crippen LogP contribution in [-0.4, -0.2) is 60.2 Å². The summed E-state index contributed by atoms with van der Waals surface area (Å²) >= 11 is 5.91. The van der Waals surface area contributed by atoms with Crippen LogP contribution < -0.4 is 10.6 Å². The van der Waals surface area contributed by atoms with Crippen molar-refractivity contribution in [2.24, 2.45) is 5.92 Å². The van der Waals surface area contributed by atoms with Crippen molar-refractivity contribution in [2.45, 2.75) is 38.5 Å². The van der Waals surface area contributed by atoms with Gasteiger partial charge in [-0.2, -0.15) is 0 Å². The lowest BCUT2D eigenvalue weighted by Gasteiger charge is -2.33. The van der Waals surface area contributed by atoms with Gasteiger partial charge in [0.1, 0.15) is 0 Å². The van der Waals surface area contributed by atoms with Crippen LogP contribution in [0.5, 0.6) is 0 Å². The summed E-state index contributed by atoms with van der Waals surface area (Å²) in [6.07, 6.45) is 6.19.